The first kappa shape index (κ1) is 18.6. The standard InChI is InChI=1S/C24H14N4O3S/c1-13(29)27-18-12-5-4-10-17(18)19(22(27)30)20-23(31)28-24(32-20)25-21(26-28)16-11-6-8-14-7-2-3-9-15(14)16/h2-12H,1H3. The van der Waals surface area contributed by atoms with E-state index in [1.807, 2.05) is 42.5 Å². The Morgan fingerprint density at radius 3 is 2.44 bits per heavy atom. The molecule has 1 aliphatic rings. The molecule has 0 unspecified atom stereocenters. The second kappa shape index (κ2) is 6.66. The number of amides is 2. The number of thiazole rings is 1. The third kappa shape index (κ3) is 2.50. The predicted octanol–water partition coefficient (Wildman–Crippen LogP) is 2.78. The average molecular weight is 438 g/mol. The molecular weight excluding hydrogens is 424 g/mol. The monoisotopic (exact) mass is 438 g/mol. The first-order valence-electron chi connectivity index (χ1n) is 9.91. The first-order valence-corrected chi connectivity index (χ1v) is 10.7. The summed E-state index contributed by atoms with van der Waals surface area (Å²) in [7, 11) is 0. The Hall–Kier alpha value is -4.17. The predicted molar refractivity (Wildman–Crippen MR) is 122 cm³/mol. The van der Waals surface area contributed by atoms with Crippen LogP contribution < -0.4 is 15.0 Å². The van der Waals surface area contributed by atoms with Crippen molar-refractivity contribution in [2.24, 2.45) is 0 Å². The SMILES string of the molecule is CC(=O)N1C(=O)C(=c2sc3nc(-c4cccc5ccccc45)nn3c2=O)c2ccccc21. The van der Waals surface area contributed by atoms with E-state index in [0.29, 0.717) is 22.0 Å². The molecule has 0 spiro atoms. The molecule has 5 aromatic rings. The number of nitrogens with zero attached hydrogens (tertiary/aromatic N) is 4. The van der Waals surface area contributed by atoms with Crippen LogP contribution in [0.15, 0.2) is 71.5 Å². The second-order valence-electron chi connectivity index (χ2n) is 7.44. The topological polar surface area (TPSA) is 84.6 Å². The number of hydrogen-bond donors (Lipinski definition) is 0. The Bertz CT molecular complexity index is 1710. The fourth-order valence-electron chi connectivity index (χ4n) is 4.17. The Balaban J connectivity index is 1.59. The van der Waals surface area contributed by atoms with Crippen LogP contribution in [0, 0.1) is 0 Å². The highest BCUT2D eigenvalue weighted by Crippen LogP contribution is 2.35. The van der Waals surface area contributed by atoms with Crippen molar-refractivity contribution in [1.29, 1.82) is 0 Å². The van der Waals surface area contributed by atoms with Crippen molar-refractivity contribution in [3.63, 3.8) is 0 Å². The minimum atomic E-state index is -0.505. The van der Waals surface area contributed by atoms with Gasteiger partial charge in [-0.1, -0.05) is 72.0 Å². The zero-order valence-electron chi connectivity index (χ0n) is 16.8. The minimum Gasteiger partial charge on any atom is -0.274 e. The molecule has 0 atom stereocenters. The average Bonchev–Trinajstić information content (AvgIpc) is 3.43. The minimum absolute atomic E-state index is 0.213. The van der Waals surface area contributed by atoms with Gasteiger partial charge >= 0.3 is 0 Å². The normalized spacial score (nSPS) is 15.0. The maximum Gasteiger partial charge on any atom is 0.291 e. The van der Waals surface area contributed by atoms with Crippen LogP contribution in [-0.2, 0) is 9.59 Å². The zero-order valence-corrected chi connectivity index (χ0v) is 17.6. The summed E-state index contributed by atoms with van der Waals surface area (Å²) in [6, 6.07) is 20.7. The van der Waals surface area contributed by atoms with Crippen LogP contribution in [0.3, 0.4) is 0 Å². The molecule has 0 radical (unpaired) electrons. The van der Waals surface area contributed by atoms with Crippen molar-refractivity contribution in [2.75, 3.05) is 4.90 Å². The number of rotatable bonds is 1. The molecule has 2 amide bonds. The van der Waals surface area contributed by atoms with Gasteiger partial charge in [0, 0.05) is 18.1 Å². The number of benzene rings is 3. The fraction of sp³-hybridized carbons (Fsp3) is 0.0417. The van der Waals surface area contributed by atoms with Gasteiger partial charge in [-0.2, -0.15) is 9.50 Å². The quantitative estimate of drug-likeness (QED) is 0.402. The van der Waals surface area contributed by atoms with E-state index in [0.717, 1.165) is 32.6 Å². The Morgan fingerprint density at radius 1 is 0.906 bits per heavy atom. The molecule has 0 aliphatic carbocycles. The molecule has 32 heavy (non-hydrogen) atoms. The molecule has 2 aromatic heterocycles. The van der Waals surface area contributed by atoms with Crippen molar-refractivity contribution in [2.45, 2.75) is 6.92 Å². The Labute approximate surface area is 184 Å². The van der Waals surface area contributed by atoms with Crippen molar-refractivity contribution in [3.05, 3.63) is 87.2 Å². The molecule has 3 aromatic carbocycles. The van der Waals surface area contributed by atoms with Gasteiger partial charge in [0.25, 0.3) is 11.5 Å². The van der Waals surface area contributed by atoms with Gasteiger partial charge in [0.05, 0.1) is 11.3 Å². The lowest BCUT2D eigenvalue weighted by Gasteiger charge is -2.11. The molecule has 8 heteroatoms. The summed E-state index contributed by atoms with van der Waals surface area (Å²) in [5, 5.41) is 6.51. The van der Waals surface area contributed by atoms with Crippen LogP contribution in [0.4, 0.5) is 5.69 Å². The summed E-state index contributed by atoms with van der Waals surface area (Å²) in [4.78, 5) is 44.5. The number of aromatic nitrogens is 3. The number of anilines is 1. The van der Waals surface area contributed by atoms with Crippen LogP contribution >= 0.6 is 11.3 Å². The second-order valence-corrected chi connectivity index (χ2v) is 8.42. The molecule has 0 bridgehead atoms. The third-order valence-corrected chi connectivity index (χ3v) is 6.59. The van der Waals surface area contributed by atoms with E-state index in [4.69, 9.17) is 0 Å². The Kier molecular flexibility index (Phi) is 3.87. The van der Waals surface area contributed by atoms with E-state index in [1.54, 1.807) is 24.3 Å². The number of imide groups is 1. The van der Waals surface area contributed by atoms with Crippen LogP contribution in [0.25, 0.3) is 32.7 Å². The number of para-hydroxylation sites is 1. The van der Waals surface area contributed by atoms with Crippen molar-refractivity contribution in [3.8, 4) is 11.4 Å². The largest absolute Gasteiger partial charge is 0.291 e. The molecule has 154 valence electrons. The third-order valence-electron chi connectivity index (χ3n) is 5.56. The van der Waals surface area contributed by atoms with Crippen LogP contribution in [0.1, 0.15) is 12.5 Å². The highest BCUT2D eigenvalue weighted by molar-refractivity contribution is 7.15. The summed E-state index contributed by atoms with van der Waals surface area (Å²) < 4.78 is 1.46. The molecule has 0 saturated heterocycles. The summed E-state index contributed by atoms with van der Waals surface area (Å²) in [5.41, 5.74) is 1.66. The fourth-order valence-corrected chi connectivity index (χ4v) is 5.17. The molecule has 0 N–H and O–H groups in total. The maximum atomic E-state index is 13.2. The van der Waals surface area contributed by atoms with Gasteiger partial charge in [0.15, 0.2) is 5.82 Å². The van der Waals surface area contributed by atoms with E-state index < -0.39 is 17.4 Å². The van der Waals surface area contributed by atoms with Gasteiger partial charge in [0.2, 0.25) is 10.9 Å². The van der Waals surface area contributed by atoms with Crippen molar-refractivity contribution < 1.29 is 9.59 Å². The molecular formula is C24H14N4O3S. The van der Waals surface area contributed by atoms with Gasteiger partial charge in [-0.05, 0) is 16.8 Å². The molecule has 0 saturated carbocycles. The van der Waals surface area contributed by atoms with E-state index >= 15 is 0 Å². The first-order chi connectivity index (χ1) is 15.5. The molecule has 0 fully saturated rings. The molecule has 6 rings (SSSR count). The summed E-state index contributed by atoms with van der Waals surface area (Å²) in [6.45, 7) is 1.33. The van der Waals surface area contributed by atoms with E-state index in [-0.39, 0.29) is 10.1 Å². The lowest BCUT2D eigenvalue weighted by Crippen LogP contribution is -2.35. The lowest BCUT2D eigenvalue weighted by molar-refractivity contribution is -0.122. The summed E-state index contributed by atoms with van der Waals surface area (Å²) in [5.74, 6) is -0.456. The molecule has 3 heterocycles. The van der Waals surface area contributed by atoms with Crippen LogP contribution in [0.5, 0.6) is 0 Å². The van der Waals surface area contributed by atoms with Gasteiger partial charge in [-0.15, -0.1) is 5.10 Å². The number of hydrogen-bond acceptors (Lipinski definition) is 6. The zero-order chi connectivity index (χ0) is 22.0. The van der Waals surface area contributed by atoms with Crippen molar-refractivity contribution >= 4 is 50.1 Å². The number of carbonyl (C=O) groups is 2. The summed E-state index contributed by atoms with van der Waals surface area (Å²) >= 11 is 1.10. The number of fused-ring (bicyclic) bond motifs is 3. The highest BCUT2D eigenvalue weighted by Gasteiger charge is 2.36. The summed E-state index contributed by atoms with van der Waals surface area (Å²) in [6.07, 6.45) is 0. The van der Waals surface area contributed by atoms with Crippen LogP contribution in [-0.4, -0.2) is 26.4 Å². The van der Waals surface area contributed by atoms with Gasteiger partial charge < -0.3 is 0 Å². The van der Waals surface area contributed by atoms with E-state index in [2.05, 4.69) is 10.1 Å². The number of carbonyl (C=O) groups excluding carboxylic acids is 2. The van der Waals surface area contributed by atoms with Gasteiger partial charge in [-0.3, -0.25) is 14.4 Å². The smallest absolute Gasteiger partial charge is 0.274 e. The van der Waals surface area contributed by atoms with E-state index in [9.17, 15) is 14.4 Å². The van der Waals surface area contributed by atoms with Gasteiger partial charge in [0.1, 0.15) is 4.53 Å². The lowest BCUT2D eigenvalue weighted by atomic mass is 10.0. The van der Waals surface area contributed by atoms with Crippen LogP contribution in [0.2, 0.25) is 0 Å². The van der Waals surface area contributed by atoms with Gasteiger partial charge in [-0.25, -0.2) is 4.90 Å². The molecule has 1 aliphatic heterocycles. The maximum absolute atomic E-state index is 13.2. The Morgan fingerprint density at radius 2 is 1.62 bits per heavy atom. The van der Waals surface area contributed by atoms with Crippen molar-refractivity contribution in [1.82, 2.24) is 14.6 Å². The highest BCUT2D eigenvalue weighted by atomic mass is 32.1. The molecule has 7 nitrogen and oxygen atoms in total. The van der Waals surface area contributed by atoms with E-state index in [1.165, 1.54) is 11.4 Å².